The van der Waals surface area contributed by atoms with Gasteiger partial charge in [0.05, 0.1) is 0 Å². The molecule has 2 atom stereocenters. The van der Waals surface area contributed by atoms with E-state index in [0.29, 0.717) is 18.8 Å². The molecule has 0 bridgehead atoms. The first-order valence-corrected chi connectivity index (χ1v) is 14.3. The fourth-order valence-corrected chi connectivity index (χ4v) is 6.21. The number of rotatable bonds is 10. The molecule has 7 nitrogen and oxygen atoms in total. The number of benzene rings is 2. The van der Waals surface area contributed by atoms with Gasteiger partial charge in [-0.3, -0.25) is 9.59 Å². The van der Waals surface area contributed by atoms with E-state index in [1.54, 1.807) is 13.3 Å². The largest absolute Gasteiger partial charge is 0.385 e. The van der Waals surface area contributed by atoms with Crippen molar-refractivity contribution >= 4 is 16.8 Å². The highest BCUT2D eigenvalue weighted by Crippen LogP contribution is 2.36. The van der Waals surface area contributed by atoms with Crippen molar-refractivity contribution in [3.05, 3.63) is 94.0 Å². The topological polar surface area (TPSA) is 93.3 Å². The lowest BCUT2D eigenvalue weighted by atomic mass is 9.91. The highest BCUT2D eigenvalue weighted by molar-refractivity contribution is 5.85. The Balaban J connectivity index is 1.24. The van der Waals surface area contributed by atoms with Gasteiger partial charge in [0.25, 0.3) is 0 Å². The van der Waals surface area contributed by atoms with Crippen LogP contribution in [0.1, 0.15) is 48.4 Å². The number of para-hydroxylation sites is 1. The summed E-state index contributed by atoms with van der Waals surface area (Å²) < 4.78 is 7.80. The zero-order valence-electron chi connectivity index (χ0n) is 23.6. The Morgan fingerprint density at radius 1 is 1.10 bits per heavy atom. The van der Waals surface area contributed by atoms with Crippen molar-refractivity contribution in [1.82, 2.24) is 14.5 Å². The Hall–Kier alpha value is -3.68. The summed E-state index contributed by atoms with van der Waals surface area (Å²) in [6.07, 6.45) is 5.73. The molecule has 7 heteroatoms. The number of nitrogens with two attached hydrogens (primary N) is 1. The number of hydrogen-bond acceptors (Lipinski definition) is 4. The lowest BCUT2D eigenvalue weighted by molar-refractivity contribution is -0.132. The molecule has 4 aromatic rings. The Labute approximate surface area is 236 Å². The summed E-state index contributed by atoms with van der Waals surface area (Å²) in [7, 11) is 1.75. The zero-order valence-corrected chi connectivity index (χ0v) is 23.6. The van der Waals surface area contributed by atoms with Crippen LogP contribution < -0.4 is 11.3 Å². The van der Waals surface area contributed by atoms with Crippen molar-refractivity contribution in [2.45, 2.75) is 57.5 Å². The minimum absolute atomic E-state index is 0.115. The van der Waals surface area contributed by atoms with Crippen molar-refractivity contribution < 1.29 is 9.53 Å². The lowest BCUT2D eigenvalue weighted by Gasteiger charge is -2.34. The van der Waals surface area contributed by atoms with Gasteiger partial charge in [0.1, 0.15) is 0 Å². The molecule has 5 rings (SSSR count). The molecule has 1 saturated heterocycles. The third-order valence-electron chi connectivity index (χ3n) is 8.17. The minimum atomic E-state index is -0.242. The number of amides is 1. The van der Waals surface area contributed by atoms with Gasteiger partial charge in [0.2, 0.25) is 11.5 Å². The van der Waals surface area contributed by atoms with E-state index >= 15 is 0 Å². The molecule has 0 radical (unpaired) electrons. The maximum atomic E-state index is 13.4. The average molecular weight is 541 g/mol. The van der Waals surface area contributed by atoms with E-state index in [1.807, 2.05) is 35.2 Å². The number of carbonyl (C=O) groups is 1. The van der Waals surface area contributed by atoms with E-state index in [0.717, 1.165) is 62.2 Å². The second kappa shape index (κ2) is 12.7. The van der Waals surface area contributed by atoms with E-state index in [1.165, 1.54) is 28.2 Å². The molecule has 210 valence electrons. The summed E-state index contributed by atoms with van der Waals surface area (Å²) in [6.45, 7) is 5.39. The first-order valence-electron chi connectivity index (χ1n) is 14.3. The van der Waals surface area contributed by atoms with E-state index in [9.17, 15) is 9.59 Å². The Kier molecular flexibility index (Phi) is 8.82. The monoisotopic (exact) mass is 540 g/mol. The molecule has 2 aromatic carbocycles. The third-order valence-corrected chi connectivity index (χ3v) is 8.17. The van der Waals surface area contributed by atoms with Gasteiger partial charge in [-0.1, -0.05) is 42.5 Å². The minimum Gasteiger partial charge on any atom is -0.385 e. The number of fused-ring (bicyclic) bond motifs is 1. The molecule has 3 N–H and O–H groups in total. The molecule has 0 spiro atoms. The average Bonchev–Trinajstić information content (AvgIpc) is 3.25. The predicted molar refractivity (Wildman–Crippen MR) is 161 cm³/mol. The molecule has 0 aliphatic carbocycles. The summed E-state index contributed by atoms with van der Waals surface area (Å²) >= 11 is 0. The number of likely N-dealkylation sites (tertiary alicyclic amines) is 1. The van der Waals surface area contributed by atoms with E-state index in [-0.39, 0.29) is 17.5 Å². The molecule has 2 unspecified atom stereocenters. The highest BCUT2D eigenvalue weighted by atomic mass is 16.5. The lowest BCUT2D eigenvalue weighted by Crippen LogP contribution is -2.42. The molecule has 3 heterocycles. The van der Waals surface area contributed by atoms with Gasteiger partial charge in [0.15, 0.2) is 0 Å². The number of hydrogen-bond donors (Lipinski definition) is 2. The first kappa shape index (κ1) is 27.9. The van der Waals surface area contributed by atoms with Crippen LogP contribution in [0.15, 0.2) is 71.7 Å². The highest BCUT2D eigenvalue weighted by Gasteiger charge is 2.29. The molecule has 1 aliphatic heterocycles. The number of aromatic amines is 1. The van der Waals surface area contributed by atoms with Crippen LogP contribution in [-0.4, -0.2) is 53.2 Å². The number of nitrogens with one attached hydrogen (secondary N) is 1. The van der Waals surface area contributed by atoms with Crippen molar-refractivity contribution in [2.75, 3.05) is 26.8 Å². The van der Waals surface area contributed by atoms with E-state index < -0.39 is 0 Å². The molecule has 40 heavy (non-hydrogen) atoms. The molecule has 0 saturated carbocycles. The van der Waals surface area contributed by atoms with E-state index in [2.05, 4.69) is 40.7 Å². The van der Waals surface area contributed by atoms with Gasteiger partial charge >= 0.3 is 0 Å². The van der Waals surface area contributed by atoms with Crippen LogP contribution in [0.3, 0.4) is 0 Å². The number of H-pyrrole nitrogens is 1. The number of aryl methyl sites for hydroxylation is 2. The van der Waals surface area contributed by atoms with Gasteiger partial charge in [-0.15, -0.1) is 0 Å². The molecule has 1 amide bonds. The predicted octanol–water partition coefficient (Wildman–Crippen LogP) is 5.01. The molecular weight excluding hydrogens is 500 g/mol. The number of pyridine rings is 1. The van der Waals surface area contributed by atoms with Gasteiger partial charge < -0.3 is 24.9 Å². The number of nitrogens with zero attached hydrogens (tertiary/aromatic N) is 2. The molecular formula is C33H40N4O3. The smallest absolute Gasteiger partial charge is 0.247 e. The van der Waals surface area contributed by atoms with Crippen LogP contribution in [0.4, 0.5) is 0 Å². The van der Waals surface area contributed by atoms with Crippen LogP contribution in [0.2, 0.25) is 0 Å². The molecule has 2 aromatic heterocycles. The van der Waals surface area contributed by atoms with Crippen LogP contribution in [0.5, 0.6) is 0 Å². The SMILES string of the molecule is COCCCn1c(C2CCCN(C(=O)CC(N)Cc3ccc(-c4ccc(=O)[nH]c4)cc3)C2)c(C)c2ccccc21. The van der Waals surface area contributed by atoms with E-state index in [4.69, 9.17) is 10.5 Å². The second-order valence-electron chi connectivity index (χ2n) is 11.0. The number of ether oxygens (including phenoxy) is 1. The summed E-state index contributed by atoms with van der Waals surface area (Å²) in [4.78, 5) is 29.5. The maximum absolute atomic E-state index is 13.4. The fraction of sp³-hybridized carbons (Fsp3) is 0.394. The van der Waals surface area contributed by atoms with Crippen LogP contribution in [-0.2, 0) is 22.5 Å². The number of piperidine rings is 1. The van der Waals surface area contributed by atoms with Crippen LogP contribution in [0, 0.1) is 6.92 Å². The van der Waals surface area contributed by atoms with Crippen LogP contribution in [0.25, 0.3) is 22.0 Å². The molecule has 1 fully saturated rings. The van der Waals surface area contributed by atoms with Crippen molar-refractivity contribution in [2.24, 2.45) is 5.73 Å². The standard InChI is InChI=1S/C33H40N4O3/c1-23-29-8-3-4-9-30(29)37(17-6-18-40-2)33(23)27-7-5-16-36(22-27)32(39)20-28(34)19-24-10-12-25(13-11-24)26-14-15-31(38)35-21-26/h3-4,8-15,21,27-28H,5-7,16-20,22,34H2,1-2H3,(H,35,38). The van der Waals surface area contributed by atoms with Gasteiger partial charge in [-0.2, -0.15) is 0 Å². The Morgan fingerprint density at radius 2 is 1.88 bits per heavy atom. The van der Waals surface area contributed by atoms with Crippen molar-refractivity contribution in [3.63, 3.8) is 0 Å². The van der Waals surface area contributed by atoms with Gasteiger partial charge in [-0.05, 0) is 67.0 Å². The normalized spacial score (nSPS) is 16.4. The maximum Gasteiger partial charge on any atom is 0.247 e. The van der Waals surface area contributed by atoms with Crippen LogP contribution >= 0.6 is 0 Å². The van der Waals surface area contributed by atoms with Crippen molar-refractivity contribution in [3.8, 4) is 11.1 Å². The molecule has 1 aliphatic rings. The third kappa shape index (κ3) is 6.21. The Morgan fingerprint density at radius 3 is 2.62 bits per heavy atom. The summed E-state index contributed by atoms with van der Waals surface area (Å²) in [6, 6.07) is 19.9. The van der Waals surface area contributed by atoms with Crippen molar-refractivity contribution in [1.29, 1.82) is 0 Å². The number of aromatic nitrogens is 2. The zero-order chi connectivity index (χ0) is 28.1. The van der Waals surface area contributed by atoms with Gasteiger partial charge in [0, 0.05) is 80.6 Å². The summed E-state index contributed by atoms with van der Waals surface area (Å²) in [5.74, 6) is 0.450. The summed E-state index contributed by atoms with van der Waals surface area (Å²) in [5, 5.41) is 1.30. The Bertz CT molecular complexity index is 1480. The second-order valence-corrected chi connectivity index (χ2v) is 11.0. The first-order chi connectivity index (χ1) is 19.4. The number of carbonyl (C=O) groups excluding carboxylic acids is 1. The summed E-state index contributed by atoms with van der Waals surface area (Å²) in [5.41, 5.74) is 13.4. The number of methoxy groups -OCH3 is 1. The fourth-order valence-electron chi connectivity index (χ4n) is 6.21. The van der Waals surface area contributed by atoms with Gasteiger partial charge in [-0.25, -0.2) is 0 Å². The quantitative estimate of drug-likeness (QED) is 0.277.